The van der Waals surface area contributed by atoms with Gasteiger partial charge in [-0.3, -0.25) is 4.90 Å². The Balaban J connectivity index is 1.26. The summed E-state index contributed by atoms with van der Waals surface area (Å²) in [6, 6.07) is 28.4. The molecule has 0 spiro atoms. The number of aliphatic hydroxyl groups is 1. The monoisotopic (exact) mass is 459 g/mol. The molecule has 1 saturated carbocycles. The van der Waals surface area contributed by atoms with Gasteiger partial charge in [-0.2, -0.15) is 0 Å². The Hall–Kier alpha value is -2.53. The molecule has 1 saturated heterocycles. The van der Waals surface area contributed by atoms with Crippen LogP contribution in [0.5, 0.6) is 0 Å². The van der Waals surface area contributed by atoms with Gasteiger partial charge in [-0.15, -0.1) is 0 Å². The number of benzene rings is 3. The second-order valence-corrected chi connectivity index (χ2v) is 9.86. The summed E-state index contributed by atoms with van der Waals surface area (Å²) in [7, 11) is 0. The average molecular weight is 460 g/mol. The first kappa shape index (κ1) is 23.2. The summed E-state index contributed by atoms with van der Waals surface area (Å²) in [5.41, 5.74) is 3.76. The number of hydrogen-bond acceptors (Lipinski definition) is 3. The van der Waals surface area contributed by atoms with Crippen molar-refractivity contribution in [2.24, 2.45) is 0 Å². The second kappa shape index (κ2) is 10.4. The zero-order valence-corrected chi connectivity index (χ0v) is 19.7. The number of halogens is 1. The van der Waals surface area contributed by atoms with Crippen molar-refractivity contribution in [3.05, 3.63) is 107 Å². The fourth-order valence-corrected chi connectivity index (χ4v) is 5.93. The number of likely N-dealkylation sites (tertiary alicyclic amines) is 1. The normalized spacial score (nSPS) is 25.2. The number of aliphatic hydroxyl groups excluding tert-OH is 1. The third-order valence-electron chi connectivity index (χ3n) is 7.91. The molecule has 1 N–H and O–H groups in total. The van der Waals surface area contributed by atoms with Gasteiger partial charge in [0.1, 0.15) is 5.82 Å². The summed E-state index contributed by atoms with van der Waals surface area (Å²) in [6.45, 7) is 2.39. The van der Waals surface area contributed by atoms with E-state index in [-0.39, 0.29) is 29.5 Å². The molecule has 2 fully saturated rings. The predicted molar refractivity (Wildman–Crippen MR) is 133 cm³/mol. The van der Waals surface area contributed by atoms with Gasteiger partial charge in [-0.05, 0) is 74.0 Å². The van der Waals surface area contributed by atoms with Gasteiger partial charge in [-0.1, -0.05) is 72.8 Å². The van der Waals surface area contributed by atoms with E-state index in [1.165, 1.54) is 23.3 Å². The highest BCUT2D eigenvalue weighted by atomic mass is 19.1. The maximum atomic E-state index is 13.2. The average Bonchev–Trinajstić information content (AvgIpc) is 2.90. The van der Waals surface area contributed by atoms with Crippen molar-refractivity contribution in [2.45, 2.75) is 62.4 Å². The van der Waals surface area contributed by atoms with Gasteiger partial charge in [0.25, 0.3) is 0 Å². The van der Waals surface area contributed by atoms with Crippen LogP contribution in [0.2, 0.25) is 0 Å². The van der Waals surface area contributed by atoms with Crippen molar-refractivity contribution in [3.8, 4) is 0 Å². The zero-order chi connectivity index (χ0) is 23.4. The highest BCUT2D eigenvalue weighted by Crippen LogP contribution is 2.43. The molecular formula is C30H34FNO2. The first-order valence-corrected chi connectivity index (χ1v) is 12.5. The summed E-state index contributed by atoms with van der Waals surface area (Å²) < 4.78 is 19.4. The van der Waals surface area contributed by atoms with Gasteiger partial charge in [0, 0.05) is 11.5 Å². The summed E-state index contributed by atoms with van der Waals surface area (Å²) in [5.74, 6) is -0.225. The minimum Gasteiger partial charge on any atom is -0.391 e. The fourth-order valence-electron chi connectivity index (χ4n) is 5.93. The molecule has 178 valence electrons. The molecule has 0 radical (unpaired) electrons. The molecule has 3 nitrogen and oxygen atoms in total. The maximum Gasteiger partial charge on any atom is 0.123 e. The molecule has 3 aromatic carbocycles. The Labute approximate surface area is 202 Å². The Bertz CT molecular complexity index is 991. The van der Waals surface area contributed by atoms with E-state index < -0.39 is 0 Å². The lowest BCUT2D eigenvalue weighted by Crippen LogP contribution is -2.54. The minimum absolute atomic E-state index is 0.0110. The second-order valence-electron chi connectivity index (χ2n) is 9.86. The van der Waals surface area contributed by atoms with E-state index in [1.807, 2.05) is 0 Å². The van der Waals surface area contributed by atoms with Gasteiger partial charge in [0.2, 0.25) is 0 Å². The summed E-state index contributed by atoms with van der Waals surface area (Å²) in [5, 5.41) is 10.9. The Morgan fingerprint density at radius 1 is 0.824 bits per heavy atom. The number of nitrogens with zero attached hydrogens (tertiary/aromatic N) is 1. The SMILES string of the molecule is O[C@@H]1CC[C@@H](OCc2ccc(F)cc2)C[C@H]1N1CCC(c2ccccc2)(c2ccccc2)CC1. The lowest BCUT2D eigenvalue weighted by Gasteiger charge is -2.48. The molecule has 0 aromatic heterocycles. The third-order valence-corrected chi connectivity index (χ3v) is 7.91. The minimum atomic E-state index is -0.313. The van der Waals surface area contributed by atoms with Crippen molar-refractivity contribution < 1.29 is 14.2 Å². The van der Waals surface area contributed by atoms with Crippen LogP contribution in [-0.2, 0) is 16.8 Å². The van der Waals surface area contributed by atoms with Gasteiger partial charge in [0.15, 0.2) is 0 Å². The van der Waals surface area contributed by atoms with Crippen LogP contribution in [0.1, 0.15) is 48.8 Å². The van der Waals surface area contributed by atoms with Crippen LogP contribution >= 0.6 is 0 Å². The first-order chi connectivity index (χ1) is 16.6. The van der Waals surface area contributed by atoms with Crippen molar-refractivity contribution in [3.63, 3.8) is 0 Å². The molecule has 0 amide bonds. The Morgan fingerprint density at radius 3 is 2.00 bits per heavy atom. The fraction of sp³-hybridized carbons (Fsp3) is 0.400. The summed E-state index contributed by atoms with van der Waals surface area (Å²) >= 11 is 0. The standard InChI is InChI=1S/C30H34FNO2/c31-26-13-11-23(12-14-26)22-34-27-15-16-29(33)28(21-27)32-19-17-30(18-20-32,24-7-3-1-4-8-24)25-9-5-2-6-10-25/h1-14,27-29,33H,15-22H2/t27-,28-,29-/m1/s1. The van der Waals surface area contributed by atoms with Crippen LogP contribution in [0.25, 0.3) is 0 Å². The van der Waals surface area contributed by atoms with Crippen LogP contribution < -0.4 is 0 Å². The molecule has 34 heavy (non-hydrogen) atoms. The van der Waals surface area contributed by atoms with E-state index in [4.69, 9.17) is 4.74 Å². The van der Waals surface area contributed by atoms with Gasteiger partial charge < -0.3 is 9.84 Å². The zero-order valence-electron chi connectivity index (χ0n) is 19.7. The van der Waals surface area contributed by atoms with Crippen molar-refractivity contribution in [1.82, 2.24) is 4.90 Å². The summed E-state index contributed by atoms with van der Waals surface area (Å²) in [6.07, 6.45) is 4.34. The molecule has 2 aliphatic rings. The van der Waals surface area contributed by atoms with E-state index in [0.29, 0.717) is 6.61 Å². The first-order valence-electron chi connectivity index (χ1n) is 12.5. The molecule has 1 aliphatic heterocycles. The highest BCUT2D eigenvalue weighted by Gasteiger charge is 2.42. The quantitative estimate of drug-likeness (QED) is 0.513. The van der Waals surface area contributed by atoms with Gasteiger partial charge >= 0.3 is 0 Å². The molecule has 1 heterocycles. The van der Waals surface area contributed by atoms with Gasteiger partial charge in [-0.25, -0.2) is 4.39 Å². The van der Waals surface area contributed by atoms with Crippen molar-refractivity contribution in [1.29, 1.82) is 0 Å². The van der Waals surface area contributed by atoms with E-state index in [0.717, 1.165) is 50.8 Å². The largest absolute Gasteiger partial charge is 0.391 e. The van der Waals surface area contributed by atoms with Crippen LogP contribution in [-0.4, -0.2) is 41.3 Å². The predicted octanol–water partition coefficient (Wildman–Crippen LogP) is 5.71. The smallest absolute Gasteiger partial charge is 0.123 e. The third kappa shape index (κ3) is 4.95. The molecule has 4 heteroatoms. The van der Waals surface area contributed by atoms with Crippen LogP contribution in [0, 0.1) is 5.82 Å². The van der Waals surface area contributed by atoms with Gasteiger partial charge in [0.05, 0.1) is 18.8 Å². The maximum absolute atomic E-state index is 13.2. The lowest BCUT2D eigenvalue weighted by atomic mass is 9.67. The number of ether oxygens (including phenoxy) is 1. The van der Waals surface area contributed by atoms with Crippen molar-refractivity contribution in [2.75, 3.05) is 13.1 Å². The number of piperidine rings is 1. The Morgan fingerprint density at radius 2 is 1.41 bits per heavy atom. The lowest BCUT2D eigenvalue weighted by molar-refractivity contribution is -0.0649. The molecule has 3 atom stereocenters. The van der Waals surface area contributed by atoms with Crippen LogP contribution in [0.3, 0.4) is 0 Å². The molecule has 5 rings (SSSR count). The van der Waals surface area contributed by atoms with Crippen LogP contribution in [0.4, 0.5) is 4.39 Å². The number of rotatable bonds is 6. The summed E-state index contributed by atoms with van der Waals surface area (Å²) in [4.78, 5) is 2.49. The highest BCUT2D eigenvalue weighted by molar-refractivity contribution is 5.40. The number of hydrogen-bond donors (Lipinski definition) is 1. The molecule has 3 aromatic rings. The van der Waals surface area contributed by atoms with Crippen molar-refractivity contribution >= 4 is 0 Å². The Kier molecular flexibility index (Phi) is 7.10. The van der Waals surface area contributed by atoms with E-state index in [9.17, 15) is 9.50 Å². The molecular weight excluding hydrogens is 425 g/mol. The van der Waals surface area contributed by atoms with Crippen LogP contribution in [0.15, 0.2) is 84.9 Å². The van der Waals surface area contributed by atoms with E-state index >= 15 is 0 Å². The molecule has 0 bridgehead atoms. The van der Waals surface area contributed by atoms with E-state index in [2.05, 4.69) is 65.6 Å². The molecule has 0 unspecified atom stereocenters. The van der Waals surface area contributed by atoms with E-state index in [1.54, 1.807) is 12.1 Å². The molecule has 1 aliphatic carbocycles. The topological polar surface area (TPSA) is 32.7 Å².